The van der Waals surface area contributed by atoms with Crippen molar-refractivity contribution in [3.8, 4) is 0 Å². The van der Waals surface area contributed by atoms with E-state index in [0.717, 1.165) is 13.3 Å². The van der Waals surface area contributed by atoms with Gasteiger partial charge in [0.05, 0.1) is 0 Å². The molecule has 0 aromatic rings. The Balaban J connectivity index is 0. The molecule has 0 saturated carbocycles. The first-order valence-corrected chi connectivity index (χ1v) is 4.20. The van der Waals surface area contributed by atoms with Gasteiger partial charge in [-0.25, -0.2) is 0 Å². The van der Waals surface area contributed by atoms with Crippen LogP contribution in [-0.2, 0) is 0 Å². The van der Waals surface area contributed by atoms with E-state index in [2.05, 4.69) is 0 Å². The lowest BCUT2D eigenvalue weighted by atomic mass is 10.2. The molecule has 0 aromatic heterocycles. The summed E-state index contributed by atoms with van der Waals surface area (Å²) in [6.45, 7) is 4.33. The first-order chi connectivity index (χ1) is 5.71. The number of hydrogen-bond donors (Lipinski definition) is 5. The van der Waals surface area contributed by atoms with Gasteiger partial charge in [0.1, 0.15) is 6.10 Å². The van der Waals surface area contributed by atoms with Crippen LogP contribution in [0.15, 0.2) is 0 Å². The molecule has 0 radical (unpaired) electrons. The third kappa shape index (κ3) is 14.6. The summed E-state index contributed by atoms with van der Waals surface area (Å²) in [5.74, 6) is -1.94. The standard InChI is InChI=1S/C4H10O3.C4H10O2/c1-3(5)4(2,6)7;1-2-3-4(5)6/h3,5-7H,1-2H3;4-6H,2-3H2,1H3. The van der Waals surface area contributed by atoms with Crippen LogP contribution in [0.1, 0.15) is 33.6 Å². The normalized spacial score (nSPS) is 13.6. The van der Waals surface area contributed by atoms with Crippen molar-refractivity contribution in [2.75, 3.05) is 0 Å². The third-order valence-corrected chi connectivity index (χ3v) is 1.34. The SMILES string of the molecule is CC(O)C(C)(O)O.CCCC(O)O. The van der Waals surface area contributed by atoms with Crippen LogP contribution in [0.4, 0.5) is 0 Å². The first-order valence-electron chi connectivity index (χ1n) is 4.20. The minimum absolute atomic E-state index is 0.486. The summed E-state index contributed by atoms with van der Waals surface area (Å²) < 4.78 is 0. The topological polar surface area (TPSA) is 101 Å². The molecule has 5 heteroatoms. The second kappa shape index (κ2) is 7.23. The first kappa shape index (κ1) is 15.3. The predicted octanol–water partition coefficient (Wildman–Crippen LogP) is -0.835. The van der Waals surface area contributed by atoms with Gasteiger partial charge in [0, 0.05) is 0 Å². The lowest BCUT2D eigenvalue weighted by Gasteiger charge is -2.17. The molecule has 1 unspecified atom stereocenters. The van der Waals surface area contributed by atoms with Crippen molar-refractivity contribution in [3.05, 3.63) is 0 Å². The van der Waals surface area contributed by atoms with E-state index in [0.29, 0.717) is 6.42 Å². The minimum atomic E-state index is -1.94. The van der Waals surface area contributed by atoms with E-state index >= 15 is 0 Å². The highest BCUT2D eigenvalue weighted by atomic mass is 16.5. The monoisotopic (exact) mass is 196 g/mol. The van der Waals surface area contributed by atoms with Gasteiger partial charge in [-0.2, -0.15) is 0 Å². The predicted molar refractivity (Wildman–Crippen MR) is 47.7 cm³/mol. The molecular weight excluding hydrogens is 176 g/mol. The zero-order valence-corrected chi connectivity index (χ0v) is 8.30. The molecular formula is C8H20O5. The Morgan fingerprint density at radius 2 is 1.46 bits per heavy atom. The Kier molecular flexibility index (Phi) is 8.49. The summed E-state index contributed by atoms with van der Waals surface area (Å²) in [4.78, 5) is 0. The van der Waals surface area contributed by atoms with Crippen molar-refractivity contribution in [1.29, 1.82) is 0 Å². The summed E-state index contributed by atoms with van der Waals surface area (Å²) in [5, 5.41) is 41.4. The zero-order valence-electron chi connectivity index (χ0n) is 8.30. The average molecular weight is 196 g/mol. The number of hydrogen-bond acceptors (Lipinski definition) is 5. The number of aliphatic hydroxyl groups is 5. The highest BCUT2D eigenvalue weighted by molar-refractivity contribution is 4.61. The molecule has 0 aromatic carbocycles. The van der Waals surface area contributed by atoms with Crippen molar-refractivity contribution < 1.29 is 25.5 Å². The molecule has 0 aliphatic rings. The Labute approximate surface area is 78.3 Å². The van der Waals surface area contributed by atoms with Crippen molar-refractivity contribution in [2.45, 2.75) is 51.8 Å². The number of rotatable bonds is 3. The third-order valence-electron chi connectivity index (χ3n) is 1.34. The van der Waals surface area contributed by atoms with Crippen LogP contribution in [0.2, 0.25) is 0 Å². The van der Waals surface area contributed by atoms with Gasteiger partial charge in [-0.3, -0.25) is 0 Å². The zero-order chi connectivity index (χ0) is 11.1. The van der Waals surface area contributed by atoms with Crippen LogP contribution in [0.3, 0.4) is 0 Å². The molecule has 0 fully saturated rings. The van der Waals surface area contributed by atoms with Gasteiger partial charge in [0.25, 0.3) is 0 Å². The van der Waals surface area contributed by atoms with Gasteiger partial charge in [0.15, 0.2) is 12.1 Å². The van der Waals surface area contributed by atoms with Crippen LogP contribution >= 0.6 is 0 Å². The van der Waals surface area contributed by atoms with E-state index in [-0.39, 0.29) is 0 Å². The fourth-order valence-electron chi connectivity index (χ4n) is 0.258. The Morgan fingerprint density at radius 3 is 1.46 bits per heavy atom. The van der Waals surface area contributed by atoms with Crippen molar-refractivity contribution >= 4 is 0 Å². The van der Waals surface area contributed by atoms with E-state index in [1.165, 1.54) is 6.92 Å². The van der Waals surface area contributed by atoms with Crippen molar-refractivity contribution in [2.24, 2.45) is 0 Å². The molecule has 13 heavy (non-hydrogen) atoms. The van der Waals surface area contributed by atoms with Crippen LogP contribution < -0.4 is 0 Å². The molecule has 0 rings (SSSR count). The lowest BCUT2D eigenvalue weighted by Crippen LogP contribution is -2.36. The fourth-order valence-corrected chi connectivity index (χ4v) is 0.258. The molecule has 0 aliphatic heterocycles. The average Bonchev–Trinajstić information content (AvgIpc) is 1.85. The number of aliphatic hydroxyl groups excluding tert-OH is 2. The van der Waals surface area contributed by atoms with Crippen LogP contribution in [0.5, 0.6) is 0 Å². The Bertz CT molecular complexity index is 106. The summed E-state index contributed by atoms with van der Waals surface area (Å²) in [7, 11) is 0. The Hall–Kier alpha value is -0.200. The van der Waals surface area contributed by atoms with Gasteiger partial charge in [-0.15, -0.1) is 0 Å². The van der Waals surface area contributed by atoms with Crippen LogP contribution in [-0.4, -0.2) is 43.7 Å². The lowest BCUT2D eigenvalue weighted by molar-refractivity contribution is -0.205. The largest absolute Gasteiger partial charge is 0.388 e. The highest BCUT2D eigenvalue weighted by Crippen LogP contribution is 2.01. The fraction of sp³-hybridized carbons (Fsp3) is 1.00. The molecule has 5 nitrogen and oxygen atoms in total. The maximum Gasteiger partial charge on any atom is 0.186 e. The molecule has 0 saturated heterocycles. The van der Waals surface area contributed by atoms with Gasteiger partial charge in [-0.1, -0.05) is 13.3 Å². The molecule has 0 amide bonds. The van der Waals surface area contributed by atoms with E-state index in [1.807, 2.05) is 6.92 Å². The second-order valence-corrected chi connectivity index (χ2v) is 3.04. The van der Waals surface area contributed by atoms with Crippen LogP contribution in [0.25, 0.3) is 0 Å². The van der Waals surface area contributed by atoms with E-state index in [1.54, 1.807) is 0 Å². The smallest absolute Gasteiger partial charge is 0.186 e. The molecule has 0 heterocycles. The summed E-state index contributed by atoms with van der Waals surface area (Å²) in [6.07, 6.45) is -0.875. The molecule has 82 valence electrons. The van der Waals surface area contributed by atoms with Crippen LogP contribution in [0, 0.1) is 0 Å². The maximum atomic E-state index is 8.40. The van der Waals surface area contributed by atoms with E-state index in [4.69, 9.17) is 25.5 Å². The second-order valence-electron chi connectivity index (χ2n) is 3.04. The van der Waals surface area contributed by atoms with E-state index in [9.17, 15) is 0 Å². The summed E-state index contributed by atoms with van der Waals surface area (Å²) >= 11 is 0. The molecule has 0 bridgehead atoms. The van der Waals surface area contributed by atoms with E-state index < -0.39 is 18.2 Å². The molecule has 0 aliphatic carbocycles. The molecule has 5 N–H and O–H groups in total. The minimum Gasteiger partial charge on any atom is -0.388 e. The molecule has 1 atom stereocenters. The highest BCUT2D eigenvalue weighted by Gasteiger charge is 2.21. The van der Waals surface area contributed by atoms with Gasteiger partial charge >= 0.3 is 0 Å². The van der Waals surface area contributed by atoms with Crippen molar-refractivity contribution in [3.63, 3.8) is 0 Å². The Morgan fingerprint density at radius 1 is 1.15 bits per heavy atom. The van der Waals surface area contributed by atoms with Crippen molar-refractivity contribution in [1.82, 2.24) is 0 Å². The molecule has 0 spiro atoms. The quantitative estimate of drug-likeness (QED) is 0.379. The van der Waals surface area contributed by atoms with Gasteiger partial charge < -0.3 is 25.5 Å². The van der Waals surface area contributed by atoms with Gasteiger partial charge in [-0.05, 0) is 20.3 Å². The maximum absolute atomic E-state index is 8.40. The van der Waals surface area contributed by atoms with Gasteiger partial charge in [0.2, 0.25) is 0 Å². The summed E-state index contributed by atoms with van der Waals surface area (Å²) in [5.41, 5.74) is 0. The summed E-state index contributed by atoms with van der Waals surface area (Å²) in [6, 6.07) is 0.